The molecule has 0 amide bonds. The van der Waals surface area contributed by atoms with Crippen LogP contribution >= 0.6 is 0 Å². The fraction of sp³-hybridized carbons (Fsp3) is 0.900. The van der Waals surface area contributed by atoms with Crippen molar-refractivity contribution in [3.8, 4) is 0 Å². The highest BCUT2D eigenvalue weighted by Crippen LogP contribution is 2.44. The largest absolute Gasteiger partial charge is 0.396 e. The first-order valence-corrected chi connectivity index (χ1v) is 11.9. The van der Waals surface area contributed by atoms with Gasteiger partial charge in [-0.1, -0.05) is 45.3 Å². The predicted molar refractivity (Wildman–Crippen MR) is 108 cm³/mol. The predicted octanol–water partition coefficient (Wildman–Crippen LogP) is 5.40. The highest BCUT2D eigenvalue weighted by atomic mass is 28.4. The Bertz CT molecular complexity index is 341. The highest BCUT2D eigenvalue weighted by molar-refractivity contribution is 6.71. The van der Waals surface area contributed by atoms with Gasteiger partial charge in [-0.15, -0.1) is 0 Å². The second-order valence-corrected chi connectivity index (χ2v) is 10.3. The lowest BCUT2D eigenvalue weighted by Crippen LogP contribution is -2.71. The summed E-state index contributed by atoms with van der Waals surface area (Å²) in [6, 6.07) is 0.989. The second kappa shape index (κ2) is 13.9. The van der Waals surface area contributed by atoms with Crippen LogP contribution in [0.5, 0.6) is 0 Å². The van der Waals surface area contributed by atoms with E-state index in [-0.39, 0.29) is 11.3 Å². The Balaban J connectivity index is 0.00000129. The molecule has 4 nitrogen and oxygen atoms in total. The quantitative estimate of drug-likeness (QED) is 0.291. The van der Waals surface area contributed by atoms with Crippen molar-refractivity contribution in [1.82, 2.24) is 0 Å². The minimum atomic E-state index is -2.41. The Kier molecular flexibility index (Phi) is 13.8. The average molecular weight is 375 g/mol. The van der Waals surface area contributed by atoms with Gasteiger partial charge < -0.3 is 18.3 Å². The second-order valence-electron chi connectivity index (χ2n) is 6.63. The molecule has 25 heavy (non-hydrogen) atoms. The van der Waals surface area contributed by atoms with Gasteiger partial charge in [0, 0.05) is 27.9 Å². The molecule has 1 saturated heterocycles. The van der Waals surface area contributed by atoms with Crippen molar-refractivity contribution >= 4 is 8.56 Å². The zero-order valence-corrected chi connectivity index (χ0v) is 18.7. The van der Waals surface area contributed by atoms with Crippen molar-refractivity contribution in [2.75, 3.05) is 27.9 Å². The molecule has 0 saturated carbocycles. The number of hydrogen-bond acceptors (Lipinski definition) is 4. The van der Waals surface area contributed by atoms with Crippen molar-refractivity contribution < 1.29 is 18.3 Å². The molecule has 0 bridgehead atoms. The van der Waals surface area contributed by atoms with Crippen LogP contribution in [0.4, 0.5) is 0 Å². The maximum atomic E-state index is 6.25. The summed E-state index contributed by atoms with van der Waals surface area (Å²) in [7, 11) is 2.94. The van der Waals surface area contributed by atoms with Crippen molar-refractivity contribution in [3.63, 3.8) is 0 Å². The number of hydrogen-bond donors (Lipinski definition) is 0. The Morgan fingerprint density at radius 1 is 1.00 bits per heavy atom. The topological polar surface area (TPSA) is 36.9 Å². The van der Waals surface area contributed by atoms with Gasteiger partial charge in [0.15, 0.2) is 0 Å². The Labute approximate surface area is 157 Å². The third-order valence-electron chi connectivity index (χ3n) is 5.18. The van der Waals surface area contributed by atoms with E-state index in [1.54, 1.807) is 21.3 Å². The van der Waals surface area contributed by atoms with Gasteiger partial charge in [0.05, 0.1) is 6.10 Å². The van der Waals surface area contributed by atoms with Gasteiger partial charge in [-0.3, -0.25) is 0 Å². The minimum Gasteiger partial charge on any atom is -0.396 e. The van der Waals surface area contributed by atoms with E-state index >= 15 is 0 Å². The van der Waals surface area contributed by atoms with E-state index in [1.165, 1.54) is 12.8 Å². The van der Waals surface area contributed by atoms with E-state index in [2.05, 4.69) is 13.8 Å². The van der Waals surface area contributed by atoms with Crippen LogP contribution in [0.3, 0.4) is 0 Å². The third-order valence-corrected chi connectivity index (χ3v) is 9.58. The molecule has 0 aromatic carbocycles. The Morgan fingerprint density at radius 3 is 2.08 bits per heavy atom. The van der Waals surface area contributed by atoms with E-state index in [0.717, 1.165) is 44.8 Å². The molecule has 0 N–H and O–H groups in total. The molecule has 5 heteroatoms. The number of unbranched alkanes of at least 4 members (excludes halogenated alkanes) is 2. The summed E-state index contributed by atoms with van der Waals surface area (Å²) in [5.74, 6) is 0. The lowest BCUT2D eigenvalue weighted by atomic mass is 10.0. The van der Waals surface area contributed by atoms with Crippen LogP contribution < -0.4 is 0 Å². The van der Waals surface area contributed by atoms with E-state index in [1.807, 2.05) is 26.0 Å². The Hall–Kier alpha value is -0.203. The summed E-state index contributed by atoms with van der Waals surface area (Å²) < 4.78 is 24.2. The summed E-state index contributed by atoms with van der Waals surface area (Å²) in [5, 5.41) is -0.379. The smallest absolute Gasteiger partial charge is 0.373 e. The van der Waals surface area contributed by atoms with E-state index in [9.17, 15) is 0 Å². The molecule has 0 radical (unpaired) electrons. The first kappa shape index (κ1) is 24.8. The van der Waals surface area contributed by atoms with Crippen LogP contribution in [-0.2, 0) is 18.3 Å². The SMILES string of the molecule is CC=CC.CCCCCOC1CCC[Si](OC)(OC)C1(CCC)OC. The normalized spacial score (nSPS) is 25.6. The maximum Gasteiger partial charge on any atom is 0.373 e. The van der Waals surface area contributed by atoms with Gasteiger partial charge in [-0.2, -0.15) is 0 Å². The molecule has 0 aromatic heterocycles. The van der Waals surface area contributed by atoms with Gasteiger partial charge in [0.1, 0.15) is 5.22 Å². The summed E-state index contributed by atoms with van der Waals surface area (Å²) in [4.78, 5) is 0. The fourth-order valence-electron chi connectivity index (χ4n) is 3.75. The average Bonchev–Trinajstić information content (AvgIpc) is 2.66. The van der Waals surface area contributed by atoms with Crippen LogP contribution in [0.15, 0.2) is 12.2 Å². The summed E-state index contributed by atoms with van der Waals surface area (Å²) in [5.41, 5.74) is 0. The monoisotopic (exact) mass is 374 g/mol. The molecule has 1 fully saturated rings. The van der Waals surface area contributed by atoms with E-state index < -0.39 is 8.56 Å². The molecule has 0 aliphatic carbocycles. The van der Waals surface area contributed by atoms with Gasteiger partial charge in [0.2, 0.25) is 0 Å². The summed E-state index contributed by atoms with van der Waals surface area (Å²) >= 11 is 0. The van der Waals surface area contributed by atoms with Crippen molar-refractivity contribution in [1.29, 1.82) is 0 Å². The number of allylic oxidation sites excluding steroid dienone is 2. The molecular formula is C20H42O4Si. The van der Waals surface area contributed by atoms with Gasteiger partial charge in [-0.25, -0.2) is 0 Å². The van der Waals surface area contributed by atoms with Crippen LogP contribution in [0.25, 0.3) is 0 Å². The Morgan fingerprint density at radius 2 is 1.64 bits per heavy atom. The van der Waals surface area contributed by atoms with Crippen LogP contribution in [-0.4, -0.2) is 47.8 Å². The number of rotatable bonds is 10. The number of methoxy groups -OCH3 is 1. The molecule has 150 valence electrons. The lowest BCUT2D eigenvalue weighted by Gasteiger charge is -2.51. The summed E-state index contributed by atoms with van der Waals surface area (Å²) in [6.07, 6.45) is 11.8. The molecular weight excluding hydrogens is 332 g/mol. The van der Waals surface area contributed by atoms with Gasteiger partial charge in [0.25, 0.3) is 0 Å². The highest BCUT2D eigenvalue weighted by Gasteiger charge is 2.63. The molecule has 1 aliphatic heterocycles. The molecule has 1 aliphatic rings. The third kappa shape index (κ3) is 6.47. The molecule has 0 aromatic rings. The number of ether oxygens (including phenoxy) is 2. The van der Waals surface area contributed by atoms with Crippen LogP contribution in [0, 0.1) is 0 Å². The fourth-order valence-corrected chi connectivity index (χ4v) is 7.77. The molecule has 2 atom stereocenters. The van der Waals surface area contributed by atoms with E-state index in [4.69, 9.17) is 18.3 Å². The molecule has 0 spiro atoms. The van der Waals surface area contributed by atoms with Crippen molar-refractivity contribution in [2.45, 2.75) is 90.0 Å². The molecule has 1 heterocycles. The van der Waals surface area contributed by atoms with Crippen molar-refractivity contribution in [3.05, 3.63) is 12.2 Å². The molecule has 1 rings (SSSR count). The molecule has 2 unspecified atom stereocenters. The van der Waals surface area contributed by atoms with E-state index in [0.29, 0.717) is 0 Å². The zero-order chi connectivity index (χ0) is 19.2. The first-order valence-electron chi connectivity index (χ1n) is 9.92. The minimum absolute atomic E-state index is 0.0969. The maximum absolute atomic E-state index is 6.25. The van der Waals surface area contributed by atoms with Crippen LogP contribution in [0.2, 0.25) is 6.04 Å². The van der Waals surface area contributed by atoms with Gasteiger partial charge in [-0.05, 0) is 45.6 Å². The van der Waals surface area contributed by atoms with Gasteiger partial charge >= 0.3 is 8.56 Å². The first-order chi connectivity index (χ1) is 12.1. The van der Waals surface area contributed by atoms with Crippen LogP contribution in [0.1, 0.15) is 72.6 Å². The van der Waals surface area contributed by atoms with Crippen molar-refractivity contribution in [2.24, 2.45) is 0 Å². The zero-order valence-electron chi connectivity index (χ0n) is 17.7. The summed E-state index contributed by atoms with van der Waals surface area (Å²) in [6.45, 7) is 9.21. The standard InChI is InChI=1S/C16H34O4Si.C4H8/c1-6-8-9-13-20-15-11-10-14-21(18-4,19-5)16(15,17-3)12-7-2;1-3-4-2/h15H,6-14H2,1-5H3;3-4H,1-2H3. The lowest BCUT2D eigenvalue weighted by molar-refractivity contribution is -0.123.